The molecular formula is C18H22O. The summed E-state index contributed by atoms with van der Waals surface area (Å²) in [6.45, 7) is 8.88. The van der Waals surface area contributed by atoms with Crippen LogP contribution in [-0.2, 0) is 11.8 Å². The van der Waals surface area contributed by atoms with E-state index in [1.54, 1.807) is 12.1 Å². The summed E-state index contributed by atoms with van der Waals surface area (Å²) < 4.78 is 0. The molecule has 0 saturated carbocycles. The Bertz CT molecular complexity index is 559. The number of phenolic OH excluding ortho intramolecular Hbond substituents is 1. The van der Waals surface area contributed by atoms with E-state index in [2.05, 4.69) is 45.9 Å². The summed E-state index contributed by atoms with van der Waals surface area (Å²) in [7, 11) is 0. The van der Waals surface area contributed by atoms with Gasteiger partial charge in [0.05, 0.1) is 0 Å². The van der Waals surface area contributed by atoms with Gasteiger partial charge in [0.15, 0.2) is 0 Å². The SMILES string of the molecule is Cc1ccc(C(C)(C)C)c(Cc2ccc(O)cc2)c1. The Morgan fingerprint density at radius 1 is 0.947 bits per heavy atom. The molecule has 100 valence electrons. The molecule has 2 aromatic rings. The average molecular weight is 254 g/mol. The van der Waals surface area contributed by atoms with Gasteiger partial charge in [0, 0.05) is 0 Å². The molecule has 0 aromatic heterocycles. The molecule has 0 spiro atoms. The number of phenols is 1. The van der Waals surface area contributed by atoms with Crippen molar-refractivity contribution in [3.8, 4) is 5.75 Å². The van der Waals surface area contributed by atoms with Crippen LogP contribution in [0.5, 0.6) is 5.75 Å². The predicted octanol–water partition coefficient (Wildman–Crippen LogP) is 4.59. The number of hydrogen-bond donors (Lipinski definition) is 1. The van der Waals surface area contributed by atoms with E-state index in [0.717, 1.165) is 6.42 Å². The van der Waals surface area contributed by atoms with Crippen LogP contribution in [0.3, 0.4) is 0 Å². The minimum Gasteiger partial charge on any atom is -0.508 e. The van der Waals surface area contributed by atoms with Crippen LogP contribution in [0.4, 0.5) is 0 Å². The van der Waals surface area contributed by atoms with E-state index in [1.807, 2.05) is 12.1 Å². The maximum Gasteiger partial charge on any atom is 0.115 e. The zero-order valence-electron chi connectivity index (χ0n) is 12.2. The number of aromatic hydroxyl groups is 1. The van der Waals surface area contributed by atoms with E-state index in [4.69, 9.17) is 0 Å². The van der Waals surface area contributed by atoms with Crippen molar-refractivity contribution in [3.05, 3.63) is 64.7 Å². The molecule has 0 aliphatic carbocycles. The van der Waals surface area contributed by atoms with E-state index in [0.29, 0.717) is 5.75 Å². The summed E-state index contributed by atoms with van der Waals surface area (Å²) in [6.07, 6.45) is 0.911. The van der Waals surface area contributed by atoms with E-state index in [1.165, 1.54) is 22.3 Å². The van der Waals surface area contributed by atoms with Crippen LogP contribution in [0.1, 0.15) is 43.0 Å². The molecule has 1 heteroatoms. The largest absolute Gasteiger partial charge is 0.508 e. The highest BCUT2D eigenvalue weighted by Gasteiger charge is 2.17. The molecule has 0 bridgehead atoms. The van der Waals surface area contributed by atoms with Crippen molar-refractivity contribution in [3.63, 3.8) is 0 Å². The first-order valence-corrected chi connectivity index (χ1v) is 6.74. The highest BCUT2D eigenvalue weighted by Crippen LogP contribution is 2.28. The van der Waals surface area contributed by atoms with Crippen molar-refractivity contribution < 1.29 is 5.11 Å². The van der Waals surface area contributed by atoms with Gasteiger partial charge in [-0.15, -0.1) is 0 Å². The second-order valence-electron chi connectivity index (χ2n) is 6.25. The summed E-state index contributed by atoms with van der Waals surface area (Å²) in [5, 5.41) is 9.35. The monoisotopic (exact) mass is 254 g/mol. The van der Waals surface area contributed by atoms with Crippen LogP contribution in [0.2, 0.25) is 0 Å². The average Bonchev–Trinajstić information content (AvgIpc) is 2.30. The Hall–Kier alpha value is -1.76. The van der Waals surface area contributed by atoms with Gasteiger partial charge in [-0.1, -0.05) is 56.7 Å². The first kappa shape index (κ1) is 13.7. The molecule has 0 radical (unpaired) electrons. The van der Waals surface area contributed by atoms with Crippen molar-refractivity contribution in [1.29, 1.82) is 0 Å². The van der Waals surface area contributed by atoms with Gasteiger partial charge >= 0.3 is 0 Å². The summed E-state index contributed by atoms with van der Waals surface area (Å²) in [6, 6.07) is 14.2. The Morgan fingerprint density at radius 2 is 1.58 bits per heavy atom. The molecule has 0 unspecified atom stereocenters. The van der Waals surface area contributed by atoms with Crippen LogP contribution in [0.15, 0.2) is 42.5 Å². The number of rotatable bonds is 2. The molecule has 0 saturated heterocycles. The van der Waals surface area contributed by atoms with E-state index in [-0.39, 0.29) is 5.41 Å². The Kier molecular flexibility index (Phi) is 3.66. The maximum absolute atomic E-state index is 9.35. The van der Waals surface area contributed by atoms with Crippen LogP contribution in [0, 0.1) is 6.92 Å². The highest BCUT2D eigenvalue weighted by atomic mass is 16.3. The van der Waals surface area contributed by atoms with Crippen LogP contribution in [0.25, 0.3) is 0 Å². The Morgan fingerprint density at radius 3 is 2.16 bits per heavy atom. The minimum atomic E-state index is 0.153. The third-order valence-electron chi connectivity index (χ3n) is 3.40. The predicted molar refractivity (Wildman–Crippen MR) is 80.8 cm³/mol. The maximum atomic E-state index is 9.35. The topological polar surface area (TPSA) is 20.2 Å². The van der Waals surface area contributed by atoms with E-state index < -0.39 is 0 Å². The highest BCUT2D eigenvalue weighted by molar-refractivity contribution is 5.40. The van der Waals surface area contributed by atoms with Crippen LogP contribution >= 0.6 is 0 Å². The fourth-order valence-electron chi connectivity index (χ4n) is 2.43. The van der Waals surface area contributed by atoms with Crippen molar-refractivity contribution in [2.45, 2.75) is 39.5 Å². The summed E-state index contributed by atoms with van der Waals surface area (Å²) in [4.78, 5) is 0. The quantitative estimate of drug-likeness (QED) is 0.831. The fourth-order valence-corrected chi connectivity index (χ4v) is 2.43. The Labute approximate surface area is 115 Å². The van der Waals surface area contributed by atoms with Gasteiger partial charge in [-0.05, 0) is 47.6 Å². The molecular weight excluding hydrogens is 232 g/mol. The van der Waals surface area contributed by atoms with Gasteiger partial charge in [0.25, 0.3) is 0 Å². The standard InChI is InChI=1S/C18H22O/c1-13-5-10-17(18(2,3)4)15(11-13)12-14-6-8-16(19)9-7-14/h5-11,19H,12H2,1-4H3. The van der Waals surface area contributed by atoms with Crippen LogP contribution < -0.4 is 0 Å². The second-order valence-corrected chi connectivity index (χ2v) is 6.25. The molecule has 0 atom stereocenters. The fraction of sp³-hybridized carbons (Fsp3) is 0.333. The third-order valence-corrected chi connectivity index (χ3v) is 3.40. The number of aryl methyl sites for hydroxylation is 1. The van der Waals surface area contributed by atoms with Crippen LogP contribution in [-0.4, -0.2) is 5.11 Å². The van der Waals surface area contributed by atoms with Gasteiger partial charge in [0.1, 0.15) is 5.75 Å². The lowest BCUT2D eigenvalue weighted by atomic mass is 9.81. The van der Waals surface area contributed by atoms with Crippen molar-refractivity contribution in [1.82, 2.24) is 0 Å². The number of hydrogen-bond acceptors (Lipinski definition) is 1. The molecule has 0 aliphatic heterocycles. The second kappa shape index (κ2) is 5.08. The van der Waals surface area contributed by atoms with Gasteiger partial charge in [0.2, 0.25) is 0 Å². The van der Waals surface area contributed by atoms with Gasteiger partial charge in [-0.25, -0.2) is 0 Å². The summed E-state index contributed by atoms with van der Waals surface area (Å²) in [5.74, 6) is 0.323. The molecule has 0 fully saturated rings. The van der Waals surface area contributed by atoms with Crippen molar-refractivity contribution in [2.75, 3.05) is 0 Å². The molecule has 2 rings (SSSR count). The first-order chi connectivity index (χ1) is 8.86. The normalized spacial score (nSPS) is 11.6. The summed E-state index contributed by atoms with van der Waals surface area (Å²) in [5.41, 5.74) is 5.44. The lowest BCUT2D eigenvalue weighted by molar-refractivity contribution is 0.475. The van der Waals surface area contributed by atoms with Gasteiger partial charge in [-0.3, -0.25) is 0 Å². The third kappa shape index (κ3) is 3.37. The molecule has 0 aliphatic rings. The molecule has 2 aromatic carbocycles. The first-order valence-electron chi connectivity index (χ1n) is 6.74. The summed E-state index contributed by atoms with van der Waals surface area (Å²) >= 11 is 0. The zero-order chi connectivity index (χ0) is 14.0. The molecule has 0 heterocycles. The molecule has 1 nitrogen and oxygen atoms in total. The lowest BCUT2D eigenvalue weighted by Crippen LogP contribution is -2.14. The van der Waals surface area contributed by atoms with Gasteiger partial charge < -0.3 is 5.11 Å². The lowest BCUT2D eigenvalue weighted by Gasteiger charge is -2.23. The van der Waals surface area contributed by atoms with Gasteiger partial charge in [-0.2, -0.15) is 0 Å². The molecule has 1 N–H and O–H groups in total. The smallest absolute Gasteiger partial charge is 0.115 e. The van der Waals surface area contributed by atoms with Crippen molar-refractivity contribution in [2.24, 2.45) is 0 Å². The number of benzene rings is 2. The van der Waals surface area contributed by atoms with Crippen molar-refractivity contribution >= 4 is 0 Å². The molecule has 19 heavy (non-hydrogen) atoms. The zero-order valence-corrected chi connectivity index (χ0v) is 12.2. The van der Waals surface area contributed by atoms with E-state index in [9.17, 15) is 5.11 Å². The Balaban J connectivity index is 2.38. The molecule has 0 amide bonds. The van der Waals surface area contributed by atoms with E-state index >= 15 is 0 Å². The minimum absolute atomic E-state index is 0.153.